The molecular formula is C19H16N2O3S. The zero-order valence-corrected chi connectivity index (χ0v) is 14.6. The van der Waals surface area contributed by atoms with Crippen molar-refractivity contribution in [2.24, 2.45) is 0 Å². The van der Waals surface area contributed by atoms with Crippen LogP contribution < -0.4 is 4.74 Å². The molecule has 0 saturated heterocycles. The van der Waals surface area contributed by atoms with E-state index in [9.17, 15) is 13.7 Å². The van der Waals surface area contributed by atoms with Gasteiger partial charge in [0.1, 0.15) is 17.5 Å². The molecule has 0 aliphatic rings. The molecule has 5 nitrogen and oxygen atoms in total. The number of rotatable bonds is 4. The summed E-state index contributed by atoms with van der Waals surface area (Å²) in [5.41, 5.74) is 2.34. The number of aryl methyl sites for hydroxylation is 1. The van der Waals surface area contributed by atoms with Crippen LogP contribution in [0.4, 0.5) is 0 Å². The molecule has 0 bridgehead atoms. The first kappa shape index (κ1) is 16.8. The van der Waals surface area contributed by atoms with E-state index >= 15 is 0 Å². The fraction of sp³-hybridized carbons (Fsp3) is 0.105. The average Bonchev–Trinajstić information content (AvgIpc) is 3.07. The fourth-order valence-corrected chi connectivity index (χ4v) is 3.86. The molecule has 0 aliphatic heterocycles. The Balaban J connectivity index is 2.11. The minimum absolute atomic E-state index is 0.0748. The van der Waals surface area contributed by atoms with Gasteiger partial charge >= 0.3 is 0 Å². The zero-order chi connectivity index (χ0) is 18.0. The SMILES string of the molecule is COc1ccc(-c2ccn(S(=O)(=O)c3ccc(C)cc3)c2C#N)cc1. The molecule has 3 aromatic rings. The van der Waals surface area contributed by atoms with Crippen molar-refractivity contribution in [3.63, 3.8) is 0 Å². The van der Waals surface area contributed by atoms with Gasteiger partial charge in [0.25, 0.3) is 10.0 Å². The lowest BCUT2D eigenvalue weighted by molar-refractivity contribution is 0.415. The third kappa shape index (κ3) is 3.02. The van der Waals surface area contributed by atoms with E-state index in [0.717, 1.165) is 15.1 Å². The number of hydrogen-bond acceptors (Lipinski definition) is 4. The normalized spacial score (nSPS) is 11.1. The highest BCUT2D eigenvalue weighted by Gasteiger charge is 2.22. The Morgan fingerprint density at radius 1 is 1.00 bits per heavy atom. The molecule has 3 rings (SSSR count). The second-order valence-corrected chi connectivity index (χ2v) is 7.35. The molecule has 0 radical (unpaired) electrons. The smallest absolute Gasteiger partial charge is 0.268 e. The maximum atomic E-state index is 12.9. The molecule has 126 valence electrons. The Labute approximate surface area is 146 Å². The quantitative estimate of drug-likeness (QED) is 0.719. The van der Waals surface area contributed by atoms with E-state index in [2.05, 4.69) is 0 Å². The molecule has 25 heavy (non-hydrogen) atoms. The highest BCUT2D eigenvalue weighted by molar-refractivity contribution is 7.90. The van der Waals surface area contributed by atoms with Gasteiger partial charge in [0, 0.05) is 11.8 Å². The standard InChI is InChI=1S/C19H16N2O3S/c1-14-3-9-17(10-4-14)25(22,23)21-12-11-18(19(21)13-20)15-5-7-16(24-2)8-6-15/h3-12H,1-2H3. The van der Waals surface area contributed by atoms with Crippen molar-refractivity contribution in [3.05, 3.63) is 72.1 Å². The van der Waals surface area contributed by atoms with Crippen LogP contribution in [0.15, 0.2) is 65.7 Å². The van der Waals surface area contributed by atoms with Crippen LogP contribution in [0.25, 0.3) is 11.1 Å². The van der Waals surface area contributed by atoms with Crippen molar-refractivity contribution in [3.8, 4) is 22.9 Å². The van der Waals surface area contributed by atoms with Gasteiger partial charge in [-0.25, -0.2) is 12.4 Å². The second kappa shape index (κ2) is 6.46. The molecule has 6 heteroatoms. The maximum absolute atomic E-state index is 12.9. The summed E-state index contributed by atoms with van der Waals surface area (Å²) in [7, 11) is -2.26. The van der Waals surface area contributed by atoms with E-state index in [4.69, 9.17) is 4.74 Å². The predicted octanol–water partition coefficient (Wildman–Crippen LogP) is 3.58. The van der Waals surface area contributed by atoms with Crippen LogP contribution >= 0.6 is 0 Å². The van der Waals surface area contributed by atoms with Crippen molar-refractivity contribution in [2.75, 3.05) is 7.11 Å². The molecule has 2 aromatic carbocycles. The summed E-state index contributed by atoms with van der Waals surface area (Å²) in [6, 6.07) is 17.3. The Hall–Kier alpha value is -3.04. The average molecular weight is 352 g/mol. The minimum Gasteiger partial charge on any atom is -0.497 e. The van der Waals surface area contributed by atoms with Gasteiger partial charge in [0.05, 0.1) is 12.0 Å². The first-order valence-corrected chi connectivity index (χ1v) is 8.99. The van der Waals surface area contributed by atoms with Gasteiger partial charge in [-0.15, -0.1) is 0 Å². The van der Waals surface area contributed by atoms with Gasteiger partial charge in [0.2, 0.25) is 0 Å². The fourth-order valence-electron chi connectivity index (χ4n) is 2.55. The predicted molar refractivity (Wildman–Crippen MR) is 94.9 cm³/mol. The largest absolute Gasteiger partial charge is 0.497 e. The van der Waals surface area contributed by atoms with Gasteiger partial charge in [0.15, 0.2) is 0 Å². The number of ether oxygens (including phenoxy) is 1. The molecule has 1 heterocycles. The third-order valence-electron chi connectivity index (χ3n) is 3.94. The summed E-state index contributed by atoms with van der Waals surface area (Å²) in [6.07, 6.45) is 1.41. The van der Waals surface area contributed by atoms with Crippen molar-refractivity contribution in [1.82, 2.24) is 3.97 Å². The second-order valence-electron chi connectivity index (χ2n) is 5.53. The molecule has 0 atom stereocenters. The van der Waals surface area contributed by atoms with Crippen molar-refractivity contribution < 1.29 is 13.2 Å². The topological polar surface area (TPSA) is 72.1 Å². The minimum atomic E-state index is -3.83. The molecule has 0 fully saturated rings. The first-order valence-electron chi connectivity index (χ1n) is 7.55. The van der Waals surface area contributed by atoms with Crippen LogP contribution in [0.3, 0.4) is 0 Å². The lowest BCUT2D eigenvalue weighted by Gasteiger charge is -2.08. The van der Waals surface area contributed by atoms with E-state index in [1.165, 1.54) is 6.20 Å². The van der Waals surface area contributed by atoms with Crippen LogP contribution in [-0.4, -0.2) is 19.5 Å². The molecule has 0 unspecified atom stereocenters. The van der Waals surface area contributed by atoms with Crippen LogP contribution in [-0.2, 0) is 10.0 Å². The first-order chi connectivity index (χ1) is 12.0. The molecular weight excluding hydrogens is 336 g/mol. The van der Waals surface area contributed by atoms with Gasteiger partial charge in [-0.3, -0.25) is 0 Å². The number of nitrogens with zero attached hydrogens (tertiary/aromatic N) is 2. The molecule has 1 aromatic heterocycles. The van der Waals surface area contributed by atoms with Crippen molar-refractivity contribution in [1.29, 1.82) is 5.26 Å². The third-order valence-corrected chi connectivity index (χ3v) is 5.63. The molecule has 0 N–H and O–H groups in total. The van der Waals surface area contributed by atoms with E-state index in [0.29, 0.717) is 11.3 Å². The number of nitriles is 1. The molecule has 0 spiro atoms. The van der Waals surface area contributed by atoms with Crippen LogP contribution in [0.2, 0.25) is 0 Å². The Morgan fingerprint density at radius 3 is 2.20 bits per heavy atom. The number of benzene rings is 2. The van der Waals surface area contributed by atoms with E-state index < -0.39 is 10.0 Å². The number of methoxy groups -OCH3 is 1. The Bertz CT molecular complexity index is 1040. The van der Waals surface area contributed by atoms with Crippen molar-refractivity contribution >= 4 is 10.0 Å². The monoisotopic (exact) mass is 352 g/mol. The van der Waals surface area contributed by atoms with E-state index in [1.807, 2.05) is 13.0 Å². The molecule has 0 amide bonds. The van der Waals surface area contributed by atoms with Crippen LogP contribution in [0.5, 0.6) is 5.75 Å². The van der Waals surface area contributed by atoms with E-state index in [-0.39, 0.29) is 10.6 Å². The summed E-state index contributed by atoms with van der Waals surface area (Å²) in [5.74, 6) is 0.689. The Morgan fingerprint density at radius 2 is 1.64 bits per heavy atom. The lowest BCUT2D eigenvalue weighted by Crippen LogP contribution is -2.14. The summed E-state index contributed by atoms with van der Waals surface area (Å²) >= 11 is 0. The van der Waals surface area contributed by atoms with Gasteiger partial charge in [-0.05, 0) is 42.8 Å². The van der Waals surface area contributed by atoms with Gasteiger partial charge < -0.3 is 4.74 Å². The Kier molecular flexibility index (Phi) is 4.34. The highest BCUT2D eigenvalue weighted by atomic mass is 32.2. The van der Waals surface area contributed by atoms with Gasteiger partial charge in [-0.2, -0.15) is 5.26 Å². The lowest BCUT2D eigenvalue weighted by atomic mass is 10.1. The van der Waals surface area contributed by atoms with Crippen molar-refractivity contribution in [2.45, 2.75) is 11.8 Å². The zero-order valence-electron chi connectivity index (χ0n) is 13.8. The maximum Gasteiger partial charge on any atom is 0.268 e. The van der Waals surface area contributed by atoms with Crippen LogP contribution in [0.1, 0.15) is 11.3 Å². The summed E-state index contributed by atoms with van der Waals surface area (Å²) in [6.45, 7) is 1.88. The van der Waals surface area contributed by atoms with E-state index in [1.54, 1.807) is 61.7 Å². The molecule has 0 aliphatic carbocycles. The summed E-state index contributed by atoms with van der Waals surface area (Å²) in [4.78, 5) is 0.145. The highest BCUT2D eigenvalue weighted by Crippen LogP contribution is 2.29. The number of aromatic nitrogens is 1. The van der Waals surface area contributed by atoms with Crippen LogP contribution in [0, 0.1) is 18.3 Å². The van der Waals surface area contributed by atoms with Gasteiger partial charge in [-0.1, -0.05) is 29.8 Å². The summed E-state index contributed by atoms with van der Waals surface area (Å²) < 4.78 is 31.9. The molecule has 0 saturated carbocycles. The summed E-state index contributed by atoms with van der Waals surface area (Å²) in [5, 5.41) is 9.54. The number of hydrogen-bond donors (Lipinski definition) is 0.